The number of urea groups is 1. The second kappa shape index (κ2) is 6.73. The number of rotatable bonds is 5. The summed E-state index contributed by atoms with van der Waals surface area (Å²) >= 11 is 0. The first-order valence-electron chi connectivity index (χ1n) is 6.14. The van der Waals surface area contributed by atoms with E-state index in [1.807, 2.05) is 0 Å². The van der Waals surface area contributed by atoms with Crippen LogP contribution in [-0.4, -0.2) is 64.9 Å². The van der Waals surface area contributed by atoms with Gasteiger partial charge in [0.25, 0.3) is 0 Å². The summed E-state index contributed by atoms with van der Waals surface area (Å²) < 4.78 is 0. The van der Waals surface area contributed by atoms with Gasteiger partial charge in [-0.15, -0.1) is 0 Å². The Labute approximate surface area is 115 Å². The molecule has 20 heavy (non-hydrogen) atoms. The Balaban J connectivity index is 2.74. The van der Waals surface area contributed by atoms with Crippen molar-refractivity contribution < 1.29 is 24.3 Å². The molecular formula is C11H18N4O5. The molecule has 1 rings (SSSR count). The van der Waals surface area contributed by atoms with Crippen molar-refractivity contribution in [3.8, 4) is 0 Å². The number of piperidine rings is 1. The maximum Gasteiger partial charge on any atom is 0.323 e. The highest BCUT2D eigenvalue weighted by atomic mass is 16.4. The van der Waals surface area contributed by atoms with Crippen LogP contribution < -0.4 is 11.5 Å². The fourth-order valence-corrected chi connectivity index (χ4v) is 2.20. The number of primary amides is 2. The number of aliphatic carboxylic acids is 1. The van der Waals surface area contributed by atoms with Gasteiger partial charge in [-0.25, -0.2) is 4.79 Å². The number of nitrogens with two attached hydrogens (primary N) is 2. The summed E-state index contributed by atoms with van der Waals surface area (Å²) in [6.45, 7) is -0.468. The molecule has 1 fully saturated rings. The van der Waals surface area contributed by atoms with Crippen LogP contribution in [0.4, 0.5) is 4.79 Å². The highest BCUT2D eigenvalue weighted by Gasteiger charge is 2.31. The smallest absolute Gasteiger partial charge is 0.323 e. The number of nitrogens with zero attached hydrogens (tertiary/aromatic N) is 2. The molecule has 0 aromatic carbocycles. The lowest BCUT2D eigenvalue weighted by molar-refractivity contribution is -0.148. The Hall–Kier alpha value is -2.32. The van der Waals surface area contributed by atoms with Gasteiger partial charge in [0, 0.05) is 13.1 Å². The molecule has 1 unspecified atom stereocenters. The van der Waals surface area contributed by atoms with Gasteiger partial charge in [0.05, 0.1) is 12.5 Å². The van der Waals surface area contributed by atoms with Crippen LogP contribution in [0.3, 0.4) is 0 Å². The van der Waals surface area contributed by atoms with E-state index in [9.17, 15) is 19.2 Å². The van der Waals surface area contributed by atoms with Gasteiger partial charge in [-0.1, -0.05) is 0 Å². The minimum atomic E-state index is -1.23. The average molecular weight is 286 g/mol. The van der Waals surface area contributed by atoms with Gasteiger partial charge in [0.1, 0.15) is 6.54 Å². The number of carboxylic acid groups (broad SMARTS) is 1. The van der Waals surface area contributed by atoms with Crippen LogP contribution in [0.5, 0.6) is 0 Å². The van der Waals surface area contributed by atoms with Crippen LogP contribution >= 0.6 is 0 Å². The molecular weight excluding hydrogens is 268 g/mol. The first-order chi connectivity index (χ1) is 9.31. The number of carbonyl (C=O) groups is 4. The van der Waals surface area contributed by atoms with Gasteiger partial charge in [-0.2, -0.15) is 0 Å². The van der Waals surface area contributed by atoms with Crippen molar-refractivity contribution in [2.24, 2.45) is 17.4 Å². The highest BCUT2D eigenvalue weighted by molar-refractivity contribution is 5.88. The van der Waals surface area contributed by atoms with E-state index >= 15 is 0 Å². The molecule has 0 aliphatic carbocycles. The van der Waals surface area contributed by atoms with Crippen molar-refractivity contribution in [1.82, 2.24) is 9.80 Å². The molecule has 5 N–H and O–H groups in total. The van der Waals surface area contributed by atoms with Gasteiger partial charge in [0.2, 0.25) is 11.8 Å². The molecule has 0 spiro atoms. The van der Waals surface area contributed by atoms with Crippen LogP contribution in [0.25, 0.3) is 0 Å². The van der Waals surface area contributed by atoms with Crippen LogP contribution in [-0.2, 0) is 14.4 Å². The minimum absolute atomic E-state index is 0.128. The number of carboxylic acids is 1. The summed E-state index contributed by atoms with van der Waals surface area (Å²) in [5.41, 5.74) is 10.2. The second-order valence-corrected chi connectivity index (χ2v) is 4.68. The predicted octanol–water partition coefficient (Wildman–Crippen LogP) is -1.82. The normalized spacial score (nSPS) is 18.4. The molecule has 9 nitrogen and oxygen atoms in total. The van der Waals surface area contributed by atoms with Gasteiger partial charge in [0.15, 0.2) is 0 Å². The molecule has 0 aromatic rings. The monoisotopic (exact) mass is 286 g/mol. The lowest BCUT2D eigenvalue weighted by Crippen LogP contribution is -2.50. The van der Waals surface area contributed by atoms with Gasteiger partial charge in [-0.05, 0) is 12.8 Å². The summed E-state index contributed by atoms with van der Waals surface area (Å²) in [6, 6.07) is -0.623. The van der Waals surface area contributed by atoms with Crippen molar-refractivity contribution >= 4 is 23.8 Å². The van der Waals surface area contributed by atoms with E-state index in [1.54, 1.807) is 0 Å². The summed E-state index contributed by atoms with van der Waals surface area (Å²) in [5, 5.41) is 8.75. The Morgan fingerprint density at radius 2 is 1.85 bits per heavy atom. The van der Waals surface area contributed by atoms with E-state index in [-0.39, 0.29) is 6.54 Å². The molecule has 9 heteroatoms. The predicted molar refractivity (Wildman–Crippen MR) is 67.3 cm³/mol. The van der Waals surface area contributed by atoms with E-state index < -0.39 is 42.8 Å². The topological polar surface area (TPSA) is 147 Å². The van der Waals surface area contributed by atoms with Crippen LogP contribution in [0.2, 0.25) is 0 Å². The Bertz CT molecular complexity index is 409. The number of hydrogen-bond donors (Lipinski definition) is 3. The third-order valence-corrected chi connectivity index (χ3v) is 3.07. The van der Waals surface area contributed by atoms with Crippen molar-refractivity contribution in [3.63, 3.8) is 0 Å². The lowest BCUT2D eigenvalue weighted by Gasteiger charge is -2.33. The van der Waals surface area contributed by atoms with Crippen LogP contribution in [0, 0.1) is 5.92 Å². The maximum absolute atomic E-state index is 12.2. The lowest BCUT2D eigenvalue weighted by atomic mass is 9.96. The maximum atomic E-state index is 12.2. The molecule has 0 saturated carbocycles. The third kappa shape index (κ3) is 4.41. The van der Waals surface area contributed by atoms with E-state index in [4.69, 9.17) is 16.6 Å². The first kappa shape index (κ1) is 15.7. The van der Waals surface area contributed by atoms with E-state index in [0.717, 1.165) is 4.90 Å². The number of amides is 4. The standard InChI is InChI=1S/C11H18N4O5/c12-8(16)5-15(6-9(17)18)10(19)7-2-1-3-14(4-7)11(13)20/h7H,1-6H2,(H2,12,16)(H2,13,20)(H,17,18). The number of hydrogen-bond acceptors (Lipinski definition) is 4. The molecule has 1 aliphatic rings. The third-order valence-electron chi connectivity index (χ3n) is 3.07. The fraction of sp³-hybridized carbons (Fsp3) is 0.636. The molecule has 0 bridgehead atoms. The minimum Gasteiger partial charge on any atom is -0.480 e. The Kier molecular flexibility index (Phi) is 5.30. The zero-order chi connectivity index (χ0) is 15.3. The zero-order valence-electron chi connectivity index (χ0n) is 10.9. The summed E-state index contributed by atoms with van der Waals surface area (Å²) in [6.07, 6.45) is 1.11. The molecule has 1 saturated heterocycles. The molecule has 1 heterocycles. The molecule has 1 atom stereocenters. The Morgan fingerprint density at radius 3 is 2.35 bits per heavy atom. The molecule has 0 radical (unpaired) electrons. The van der Waals surface area contributed by atoms with Gasteiger partial charge >= 0.3 is 12.0 Å². The highest BCUT2D eigenvalue weighted by Crippen LogP contribution is 2.18. The number of likely N-dealkylation sites (tertiary alicyclic amines) is 1. The van der Waals surface area contributed by atoms with Crippen molar-refractivity contribution in [3.05, 3.63) is 0 Å². The van der Waals surface area contributed by atoms with Crippen LogP contribution in [0.15, 0.2) is 0 Å². The van der Waals surface area contributed by atoms with Crippen molar-refractivity contribution in [2.75, 3.05) is 26.2 Å². The quantitative estimate of drug-likeness (QED) is 0.544. The van der Waals surface area contributed by atoms with E-state index in [2.05, 4.69) is 0 Å². The molecule has 0 aromatic heterocycles. The summed E-state index contributed by atoms with van der Waals surface area (Å²) in [7, 11) is 0. The zero-order valence-corrected chi connectivity index (χ0v) is 10.9. The van der Waals surface area contributed by atoms with Crippen LogP contribution in [0.1, 0.15) is 12.8 Å². The summed E-state index contributed by atoms with van der Waals surface area (Å²) in [4.78, 5) is 47.2. The summed E-state index contributed by atoms with van der Waals surface area (Å²) in [5.74, 6) is -3.09. The van der Waals surface area contributed by atoms with E-state index in [1.165, 1.54) is 4.90 Å². The molecule has 4 amide bonds. The Morgan fingerprint density at radius 1 is 1.20 bits per heavy atom. The largest absolute Gasteiger partial charge is 0.480 e. The van der Waals surface area contributed by atoms with Gasteiger partial charge in [-0.3, -0.25) is 14.4 Å². The SMILES string of the molecule is NC(=O)CN(CC(=O)O)C(=O)C1CCCN(C(N)=O)C1. The average Bonchev–Trinajstić information content (AvgIpc) is 2.36. The second-order valence-electron chi connectivity index (χ2n) is 4.68. The van der Waals surface area contributed by atoms with Crippen molar-refractivity contribution in [2.45, 2.75) is 12.8 Å². The fourth-order valence-electron chi connectivity index (χ4n) is 2.20. The molecule has 1 aliphatic heterocycles. The first-order valence-corrected chi connectivity index (χ1v) is 6.14. The van der Waals surface area contributed by atoms with Crippen molar-refractivity contribution in [1.29, 1.82) is 0 Å². The number of carbonyl (C=O) groups excluding carboxylic acids is 3. The van der Waals surface area contributed by atoms with Gasteiger partial charge < -0.3 is 26.4 Å². The molecule has 112 valence electrons. The van der Waals surface area contributed by atoms with E-state index in [0.29, 0.717) is 19.4 Å².